The Bertz CT molecular complexity index is 743. The van der Waals surface area contributed by atoms with Gasteiger partial charge < -0.3 is 24.8 Å². The summed E-state index contributed by atoms with van der Waals surface area (Å²) in [6, 6.07) is 11.0. The number of methoxy groups -OCH3 is 1. The topological polar surface area (TPSA) is 68.8 Å². The first-order valence-corrected chi connectivity index (χ1v) is 6.89. The first kappa shape index (κ1) is 12.8. The van der Waals surface area contributed by atoms with E-state index in [0.717, 1.165) is 17.0 Å². The molecule has 0 saturated heterocycles. The number of hydrogen-bond donors (Lipinski definition) is 2. The summed E-state index contributed by atoms with van der Waals surface area (Å²) in [6.45, 7) is 0.182. The van der Waals surface area contributed by atoms with Crippen LogP contribution in [-0.4, -0.2) is 19.8 Å². The summed E-state index contributed by atoms with van der Waals surface area (Å²) in [7, 11) is 1.62. The van der Waals surface area contributed by atoms with Crippen LogP contribution < -0.4 is 24.8 Å². The van der Waals surface area contributed by atoms with E-state index in [1.807, 2.05) is 24.3 Å². The van der Waals surface area contributed by atoms with E-state index in [4.69, 9.17) is 14.2 Å². The van der Waals surface area contributed by atoms with Crippen LogP contribution in [0.2, 0.25) is 0 Å². The molecule has 2 aliphatic heterocycles. The normalized spacial score (nSPS) is 18.2. The van der Waals surface area contributed by atoms with Crippen molar-refractivity contribution >= 4 is 11.6 Å². The zero-order valence-corrected chi connectivity index (χ0v) is 11.9. The van der Waals surface area contributed by atoms with Crippen LogP contribution in [0, 0.1) is 0 Å². The van der Waals surface area contributed by atoms with Crippen LogP contribution in [0.25, 0.3) is 0 Å². The number of rotatable bonds is 2. The van der Waals surface area contributed by atoms with Gasteiger partial charge in [-0.1, -0.05) is 12.1 Å². The van der Waals surface area contributed by atoms with Gasteiger partial charge in [-0.2, -0.15) is 0 Å². The summed E-state index contributed by atoms with van der Waals surface area (Å²) in [5.41, 5.74) is 2.22. The Labute approximate surface area is 127 Å². The first-order chi connectivity index (χ1) is 10.7. The predicted molar refractivity (Wildman–Crippen MR) is 79.4 cm³/mol. The molecule has 1 atom stereocenters. The fourth-order valence-electron chi connectivity index (χ4n) is 2.61. The highest BCUT2D eigenvalue weighted by Crippen LogP contribution is 2.39. The van der Waals surface area contributed by atoms with Crippen LogP contribution in [0.5, 0.6) is 17.2 Å². The number of benzene rings is 2. The average molecular weight is 298 g/mol. The number of nitrogens with one attached hydrogen (secondary N) is 2. The van der Waals surface area contributed by atoms with Gasteiger partial charge in [0.2, 0.25) is 6.79 Å². The van der Waals surface area contributed by atoms with Crippen LogP contribution in [-0.2, 0) is 0 Å². The Morgan fingerprint density at radius 1 is 1.09 bits per heavy atom. The Hall–Kier alpha value is -2.89. The molecule has 6 heteroatoms. The fraction of sp³-hybridized carbons (Fsp3) is 0.188. The van der Waals surface area contributed by atoms with Crippen molar-refractivity contribution in [3.63, 3.8) is 0 Å². The second kappa shape index (κ2) is 4.84. The third-order valence-electron chi connectivity index (χ3n) is 3.78. The van der Waals surface area contributed by atoms with Crippen molar-refractivity contribution in [2.45, 2.75) is 6.17 Å². The van der Waals surface area contributed by atoms with Crippen molar-refractivity contribution in [2.75, 3.05) is 19.2 Å². The van der Waals surface area contributed by atoms with Gasteiger partial charge in [-0.25, -0.2) is 0 Å². The van der Waals surface area contributed by atoms with E-state index in [2.05, 4.69) is 10.6 Å². The van der Waals surface area contributed by atoms with Crippen molar-refractivity contribution in [1.29, 1.82) is 0 Å². The summed E-state index contributed by atoms with van der Waals surface area (Å²) in [5.74, 6) is 1.87. The maximum Gasteiger partial charge on any atom is 0.255 e. The SMILES string of the molecule is COc1ccc(C2NC(=O)c3cc4c(cc3N2)OCO4)cc1. The number of anilines is 1. The fourth-order valence-corrected chi connectivity index (χ4v) is 2.61. The highest BCUT2D eigenvalue weighted by atomic mass is 16.7. The molecule has 0 spiro atoms. The van der Waals surface area contributed by atoms with Crippen molar-refractivity contribution < 1.29 is 19.0 Å². The highest BCUT2D eigenvalue weighted by molar-refractivity contribution is 6.02. The molecule has 1 amide bonds. The monoisotopic (exact) mass is 298 g/mol. The molecule has 0 bridgehead atoms. The van der Waals surface area contributed by atoms with E-state index >= 15 is 0 Å². The molecule has 4 rings (SSSR count). The summed E-state index contributed by atoms with van der Waals surface area (Å²) in [4.78, 5) is 12.3. The highest BCUT2D eigenvalue weighted by Gasteiger charge is 2.28. The molecule has 2 aromatic carbocycles. The second-order valence-corrected chi connectivity index (χ2v) is 5.08. The molecule has 1 unspecified atom stereocenters. The number of carbonyl (C=O) groups excluding carboxylic acids is 1. The molecule has 6 nitrogen and oxygen atoms in total. The van der Waals surface area contributed by atoms with Gasteiger partial charge in [0.1, 0.15) is 11.9 Å². The molecule has 0 aliphatic carbocycles. The Morgan fingerprint density at radius 2 is 1.82 bits per heavy atom. The third-order valence-corrected chi connectivity index (χ3v) is 3.78. The molecule has 112 valence electrons. The summed E-state index contributed by atoms with van der Waals surface area (Å²) in [6.07, 6.45) is -0.300. The van der Waals surface area contributed by atoms with Crippen LogP contribution in [0.4, 0.5) is 5.69 Å². The molecular weight excluding hydrogens is 284 g/mol. The van der Waals surface area contributed by atoms with Crippen molar-refractivity contribution in [3.05, 3.63) is 47.5 Å². The maximum atomic E-state index is 12.3. The molecule has 2 aliphatic rings. The number of carbonyl (C=O) groups is 1. The lowest BCUT2D eigenvalue weighted by Crippen LogP contribution is -2.38. The van der Waals surface area contributed by atoms with E-state index in [-0.39, 0.29) is 18.9 Å². The van der Waals surface area contributed by atoms with Gasteiger partial charge in [0, 0.05) is 6.07 Å². The standard InChI is InChI=1S/C16H14N2O4/c1-20-10-4-2-9(3-5-10)15-17-12-7-14-13(21-8-22-14)6-11(12)16(19)18-15/h2-7,15,17H,8H2,1H3,(H,18,19). The van der Waals surface area contributed by atoms with E-state index in [1.54, 1.807) is 19.2 Å². The number of amides is 1. The minimum Gasteiger partial charge on any atom is -0.497 e. The number of fused-ring (bicyclic) bond motifs is 2. The molecule has 2 heterocycles. The van der Waals surface area contributed by atoms with Crippen LogP contribution in [0.1, 0.15) is 22.1 Å². The zero-order chi connectivity index (χ0) is 15.1. The first-order valence-electron chi connectivity index (χ1n) is 6.89. The van der Waals surface area contributed by atoms with E-state index in [1.165, 1.54) is 0 Å². The molecular formula is C16H14N2O4. The lowest BCUT2D eigenvalue weighted by Gasteiger charge is -2.28. The smallest absolute Gasteiger partial charge is 0.255 e. The lowest BCUT2D eigenvalue weighted by atomic mass is 10.0. The van der Waals surface area contributed by atoms with Crippen molar-refractivity contribution in [1.82, 2.24) is 5.32 Å². The van der Waals surface area contributed by atoms with Gasteiger partial charge in [-0.3, -0.25) is 4.79 Å². The quantitative estimate of drug-likeness (QED) is 0.890. The Morgan fingerprint density at radius 3 is 2.55 bits per heavy atom. The molecule has 0 fully saturated rings. The van der Waals surface area contributed by atoms with Crippen LogP contribution in [0.15, 0.2) is 36.4 Å². The van der Waals surface area contributed by atoms with E-state index in [0.29, 0.717) is 17.1 Å². The van der Waals surface area contributed by atoms with Crippen molar-refractivity contribution in [3.8, 4) is 17.2 Å². The van der Waals surface area contributed by atoms with Crippen molar-refractivity contribution in [2.24, 2.45) is 0 Å². The summed E-state index contributed by atoms with van der Waals surface area (Å²) >= 11 is 0. The molecule has 0 aromatic heterocycles. The van der Waals surface area contributed by atoms with Gasteiger partial charge in [0.25, 0.3) is 5.91 Å². The molecule has 2 N–H and O–H groups in total. The minimum atomic E-state index is -0.300. The second-order valence-electron chi connectivity index (χ2n) is 5.08. The number of ether oxygens (including phenoxy) is 3. The lowest BCUT2D eigenvalue weighted by molar-refractivity contribution is 0.0935. The van der Waals surface area contributed by atoms with Gasteiger partial charge in [0.05, 0.1) is 18.4 Å². The van der Waals surface area contributed by atoms with Gasteiger partial charge >= 0.3 is 0 Å². The van der Waals surface area contributed by atoms with Crippen LogP contribution >= 0.6 is 0 Å². The largest absolute Gasteiger partial charge is 0.497 e. The predicted octanol–water partition coefficient (Wildman–Crippen LogP) is 2.28. The van der Waals surface area contributed by atoms with Gasteiger partial charge in [0.15, 0.2) is 11.5 Å². The zero-order valence-electron chi connectivity index (χ0n) is 11.9. The Kier molecular flexibility index (Phi) is 2.82. The average Bonchev–Trinajstić information content (AvgIpc) is 3.00. The minimum absolute atomic E-state index is 0.145. The molecule has 22 heavy (non-hydrogen) atoms. The maximum absolute atomic E-state index is 12.3. The third kappa shape index (κ3) is 2.00. The Balaban J connectivity index is 1.67. The summed E-state index contributed by atoms with van der Waals surface area (Å²) < 4.78 is 15.8. The molecule has 0 saturated carbocycles. The molecule has 2 aromatic rings. The van der Waals surface area contributed by atoms with Gasteiger partial charge in [-0.15, -0.1) is 0 Å². The van der Waals surface area contributed by atoms with Crippen LogP contribution in [0.3, 0.4) is 0 Å². The summed E-state index contributed by atoms with van der Waals surface area (Å²) in [5, 5.41) is 6.23. The molecule has 0 radical (unpaired) electrons. The van der Waals surface area contributed by atoms with Gasteiger partial charge in [-0.05, 0) is 23.8 Å². The number of hydrogen-bond acceptors (Lipinski definition) is 5. The van der Waals surface area contributed by atoms with E-state index < -0.39 is 0 Å². The van der Waals surface area contributed by atoms with E-state index in [9.17, 15) is 4.79 Å².